The van der Waals surface area contributed by atoms with Gasteiger partial charge in [-0.05, 0) is 55.3 Å². The summed E-state index contributed by atoms with van der Waals surface area (Å²) in [5, 5.41) is 10.1. The summed E-state index contributed by atoms with van der Waals surface area (Å²) in [7, 11) is 0. The molecule has 2 rings (SSSR count). The van der Waals surface area contributed by atoms with E-state index >= 15 is 0 Å². The topological polar surface area (TPSA) is 72.8 Å². The van der Waals surface area contributed by atoms with Gasteiger partial charge in [0, 0.05) is 0 Å². The SMILES string of the molecule is CCCCCCCCCCCCOc1ccc(/C=C/C(=O)c2ccc(C(=O)OCC)cc2O)cc1. The normalized spacial score (nSPS) is 11.0. The third-order valence-corrected chi connectivity index (χ3v) is 5.85. The summed E-state index contributed by atoms with van der Waals surface area (Å²) >= 11 is 0. The molecule has 0 saturated carbocycles. The van der Waals surface area contributed by atoms with Gasteiger partial charge >= 0.3 is 5.97 Å². The lowest BCUT2D eigenvalue weighted by atomic mass is 10.1. The summed E-state index contributed by atoms with van der Waals surface area (Å²) in [5.41, 5.74) is 1.19. The number of rotatable bonds is 17. The number of hydrogen-bond donors (Lipinski definition) is 1. The first-order valence-corrected chi connectivity index (χ1v) is 13.0. The first kappa shape index (κ1) is 28.2. The van der Waals surface area contributed by atoms with Crippen molar-refractivity contribution in [3.63, 3.8) is 0 Å². The molecule has 5 nitrogen and oxygen atoms in total. The van der Waals surface area contributed by atoms with E-state index in [4.69, 9.17) is 9.47 Å². The van der Waals surface area contributed by atoms with Crippen molar-refractivity contribution in [1.29, 1.82) is 0 Å². The Morgan fingerprint density at radius 1 is 0.829 bits per heavy atom. The van der Waals surface area contributed by atoms with Crippen LogP contribution in [0.5, 0.6) is 11.5 Å². The van der Waals surface area contributed by atoms with E-state index in [1.54, 1.807) is 13.0 Å². The maximum atomic E-state index is 12.5. The Hall–Kier alpha value is -3.08. The lowest BCUT2D eigenvalue weighted by molar-refractivity contribution is 0.0525. The van der Waals surface area contributed by atoms with Gasteiger partial charge in [0.05, 0.1) is 24.3 Å². The first-order valence-electron chi connectivity index (χ1n) is 13.0. The molecule has 0 spiro atoms. The van der Waals surface area contributed by atoms with Crippen LogP contribution in [0.15, 0.2) is 48.5 Å². The number of phenolic OH excluding ortho intramolecular Hbond substituents is 1. The zero-order chi connectivity index (χ0) is 25.3. The standard InChI is InChI=1S/C30H40O5/c1-3-5-6-7-8-9-10-11-12-13-22-35-26-18-14-24(15-19-26)16-21-28(31)27-20-17-25(23-29(27)32)30(33)34-4-2/h14-21,23,32H,3-13,22H2,1-2H3/b21-16+. The fraction of sp³-hybridized carbons (Fsp3) is 0.467. The van der Waals surface area contributed by atoms with Crippen LogP contribution in [0.2, 0.25) is 0 Å². The van der Waals surface area contributed by atoms with Crippen LogP contribution < -0.4 is 4.74 Å². The van der Waals surface area contributed by atoms with Crippen molar-refractivity contribution in [2.45, 2.75) is 78.1 Å². The molecule has 190 valence electrons. The lowest BCUT2D eigenvalue weighted by Gasteiger charge is -2.07. The largest absolute Gasteiger partial charge is 0.507 e. The Balaban J connectivity index is 1.69. The second-order valence-electron chi connectivity index (χ2n) is 8.75. The molecule has 5 heteroatoms. The van der Waals surface area contributed by atoms with Gasteiger partial charge in [-0.1, -0.05) is 82.9 Å². The molecule has 0 bridgehead atoms. The molecule has 35 heavy (non-hydrogen) atoms. The average molecular weight is 481 g/mol. The van der Waals surface area contributed by atoms with Gasteiger partial charge < -0.3 is 14.6 Å². The maximum absolute atomic E-state index is 12.5. The molecule has 0 fully saturated rings. The number of phenols is 1. The smallest absolute Gasteiger partial charge is 0.338 e. The second kappa shape index (κ2) is 16.5. The minimum atomic E-state index is -0.534. The van der Waals surface area contributed by atoms with E-state index < -0.39 is 5.97 Å². The number of ketones is 1. The molecule has 0 unspecified atom stereocenters. The highest BCUT2D eigenvalue weighted by atomic mass is 16.5. The van der Waals surface area contributed by atoms with Gasteiger partial charge in [-0.15, -0.1) is 0 Å². The number of unbranched alkanes of at least 4 members (excludes halogenated alkanes) is 9. The molecule has 0 heterocycles. The van der Waals surface area contributed by atoms with Gasteiger partial charge in [-0.3, -0.25) is 4.79 Å². The molecule has 0 aliphatic rings. The molecule has 0 atom stereocenters. The monoisotopic (exact) mass is 480 g/mol. The first-order chi connectivity index (χ1) is 17.0. The van der Waals surface area contributed by atoms with Crippen molar-refractivity contribution >= 4 is 17.8 Å². The van der Waals surface area contributed by atoms with Crippen LogP contribution in [-0.2, 0) is 4.74 Å². The quantitative estimate of drug-likeness (QED) is 0.108. The minimum Gasteiger partial charge on any atom is -0.507 e. The van der Waals surface area contributed by atoms with Crippen LogP contribution in [0.3, 0.4) is 0 Å². The third-order valence-electron chi connectivity index (χ3n) is 5.85. The highest BCUT2D eigenvalue weighted by Crippen LogP contribution is 2.21. The molecular formula is C30H40O5. The molecule has 0 aliphatic heterocycles. The van der Waals surface area contributed by atoms with Gasteiger partial charge in [0.2, 0.25) is 0 Å². The Kier molecular flexibility index (Phi) is 13.3. The van der Waals surface area contributed by atoms with E-state index in [2.05, 4.69) is 6.92 Å². The molecule has 0 radical (unpaired) electrons. The molecule has 0 saturated heterocycles. The number of benzene rings is 2. The van der Waals surface area contributed by atoms with Crippen LogP contribution in [-0.4, -0.2) is 30.1 Å². The minimum absolute atomic E-state index is 0.130. The van der Waals surface area contributed by atoms with Crippen molar-refractivity contribution in [1.82, 2.24) is 0 Å². The number of allylic oxidation sites excluding steroid dienone is 1. The van der Waals surface area contributed by atoms with Gasteiger partial charge in [0.25, 0.3) is 0 Å². The summed E-state index contributed by atoms with van der Waals surface area (Å²) in [6.07, 6.45) is 16.1. The van der Waals surface area contributed by atoms with Gasteiger partial charge in [0.15, 0.2) is 5.78 Å². The van der Waals surface area contributed by atoms with Crippen LogP contribution in [0, 0.1) is 0 Å². The van der Waals surface area contributed by atoms with Crippen molar-refractivity contribution in [2.75, 3.05) is 13.2 Å². The van der Waals surface area contributed by atoms with E-state index in [0.29, 0.717) is 6.61 Å². The Morgan fingerprint density at radius 2 is 1.46 bits per heavy atom. The molecule has 0 amide bonds. The zero-order valence-electron chi connectivity index (χ0n) is 21.3. The summed E-state index contributed by atoms with van der Waals surface area (Å²) in [4.78, 5) is 24.2. The van der Waals surface area contributed by atoms with Crippen molar-refractivity contribution < 1.29 is 24.2 Å². The Morgan fingerprint density at radius 3 is 2.06 bits per heavy atom. The van der Waals surface area contributed by atoms with Crippen molar-refractivity contribution in [3.05, 3.63) is 65.2 Å². The number of carbonyl (C=O) groups is 2. The number of aromatic hydroxyl groups is 1. The second-order valence-corrected chi connectivity index (χ2v) is 8.75. The van der Waals surface area contributed by atoms with E-state index in [1.165, 1.54) is 82.1 Å². The fourth-order valence-electron chi connectivity index (χ4n) is 3.80. The maximum Gasteiger partial charge on any atom is 0.338 e. The number of hydrogen-bond acceptors (Lipinski definition) is 5. The molecule has 2 aromatic rings. The summed E-state index contributed by atoms with van der Waals surface area (Å²) in [5.74, 6) is -0.315. The van der Waals surface area contributed by atoms with Crippen molar-refractivity contribution in [2.24, 2.45) is 0 Å². The summed E-state index contributed by atoms with van der Waals surface area (Å²) in [6.45, 7) is 4.91. The van der Waals surface area contributed by atoms with E-state index in [-0.39, 0.29) is 29.3 Å². The zero-order valence-corrected chi connectivity index (χ0v) is 21.3. The molecule has 2 aromatic carbocycles. The number of esters is 1. The van der Waals surface area contributed by atoms with Crippen LogP contribution in [0.25, 0.3) is 6.08 Å². The number of carbonyl (C=O) groups excluding carboxylic acids is 2. The highest BCUT2D eigenvalue weighted by molar-refractivity contribution is 6.09. The Bertz CT molecular complexity index is 930. The fourth-order valence-corrected chi connectivity index (χ4v) is 3.80. The predicted molar refractivity (Wildman–Crippen MR) is 141 cm³/mol. The molecule has 0 aromatic heterocycles. The predicted octanol–water partition coefficient (Wildman–Crippen LogP) is 7.76. The average Bonchev–Trinajstić information content (AvgIpc) is 2.86. The van der Waals surface area contributed by atoms with Crippen molar-refractivity contribution in [3.8, 4) is 11.5 Å². The highest BCUT2D eigenvalue weighted by Gasteiger charge is 2.13. The van der Waals surface area contributed by atoms with Gasteiger partial charge in [-0.25, -0.2) is 4.79 Å². The molecule has 0 aliphatic carbocycles. The molecular weight excluding hydrogens is 440 g/mol. The van der Waals surface area contributed by atoms with Crippen LogP contribution in [0.1, 0.15) is 104 Å². The Labute approximate surface area is 210 Å². The third kappa shape index (κ3) is 10.8. The van der Waals surface area contributed by atoms with Gasteiger partial charge in [0.1, 0.15) is 11.5 Å². The lowest BCUT2D eigenvalue weighted by Crippen LogP contribution is -2.05. The van der Waals surface area contributed by atoms with E-state index in [1.807, 2.05) is 24.3 Å². The van der Waals surface area contributed by atoms with Crippen LogP contribution in [0.4, 0.5) is 0 Å². The van der Waals surface area contributed by atoms with E-state index in [9.17, 15) is 14.7 Å². The summed E-state index contributed by atoms with van der Waals surface area (Å²) in [6, 6.07) is 11.7. The number of ether oxygens (including phenoxy) is 2. The van der Waals surface area contributed by atoms with Crippen LogP contribution >= 0.6 is 0 Å². The summed E-state index contributed by atoms with van der Waals surface area (Å²) < 4.78 is 10.7. The molecule has 1 N–H and O–H groups in total. The van der Waals surface area contributed by atoms with E-state index in [0.717, 1.165) is 17.7 Å². The van der Waals surface area contributed by atoms with Gasteiger partial charge in [-0.2, -0.15) is 0 Å².